The third-order valence-corrected chi connectivity index (χ3v) is 4.62. The number of hydrogen-bond donors (Lipinski definition) is 2. The summed E-state index contributed by atoms with van der Waals surface area (Å²) in [6.45, 7) is 0.862. The van der Waals surface area contributed by atoms with Crippen molar-refractivity contribution in [1.29, 1.82) is 0 Å². The van der Waals surface area contributed by atoms with Crippen molar-refractivity contribution in [2.45, 2.75) is 0 Å². The van der Waals surface area contributed by atoms with Crippen LogP contribution < -0.4 is 10.6 Å². The summed E-state index contributed by atoms with van der Waals surface area (Å²) >= 11 is 1.86. The summed E-state index contributed by atoms with van der Waals surface area (Å²) in [5.74, 6) is 2.00. The number of aliphatic imine (C=N–C) groups is 1. The van der Waals surface area contributed by atoms with Crippen LogP contribution in [-0.4, -0.2) is 18.1 Å². The Hall–Kier alpha value is -2.20. The highest BCUT2D eigenvalue weighted by molar-refractivity contribution is 8.04. The van der Waals surface area contributed by atoms with Crippen LogP contribution in [0.1, 0.15) is 5.56 Å². The van der Waals surface area contributed by atoms with Crippen molar-refractivity contribution in [1.82, 2.24) is 0 Å². The lowest BCUT2D eigenvalue weighted by molar-refractivity contribution is 1.13. The van der Waals surface area contributed by atoms with Gasteiger partial charge < -0.3 is 10.6 Å². The second-order valence-electron chi connectivity index (χ2n) is 4.94. The number of hydrogen-bond acceptors (Lipinski definition) is 4. The van der Waals surface area contributed by atoms with Crippen LogP contribution in [0.4, 0.5) is 11.4 Å². The Morgan fingerprint density at radius 2 is 1.57 bits per heavy atom. The number of thioether (sulfide) groups is 1. The zero-order valence-corrected chi connectivity index (χ0v) is 12.3. The van der Waals surface area contributed by atoms with E-state index in [1.807, 2.05) is 30.0 Å². The summed E-state index contributed by atoms with van der Waals surface area (Å²) in [5.41, 5.74) is 4.48. The minimum atomic E-state index is 0.862. The van der Waals surface area contributed by atoms with Gasteiger partial charge in [0.25, 0.3) is 0 Å². The van der Waals surface area contributed by atoms with Gasteiger partial charge in [0, 0.05) is 5.75 Å². The molecule has 4 rings (SSSR count). The first kappa shape index (κ1) is 12.5. The van der Waals surface area contributed by atoms with Crippen LogP contribution in [0.15, 0.2) is 64.5 Å². The molecule has 3 nitrogen and oxygen atoms in total. The number of rotatable bonds is 1. The van der Waals surface area contributed by atoms with E-state index in [0.29, 0.717) is 0 Å². The lowest BCUT2D eigenvalue weighted by atomic mass is 10.1. The van der Waals surface area contributed by atoms with E-state index in [1.54, 1.807) is 0 Å². The van der Waals surface area contributed by atoms with Crippen LogP contribution in [-0.2, 0) is 0 Å². The SMILES string of the molecule is c1ccc(C2=C3SCCN=C3Nc3ccccc3N2)cc1. The van der Waals surface area contributed by atoms with E-state index in [9.17, 15) is 0 Å². The van der Waals surface area contributed by atoms with Crippen LogP contribution in [0.3, 0.4) is 0 Å². The van der Waals surface area contributed by atoms with Gasteiger partial charge in [-0.05, 0) is 17.7 Å². The summed E-state index contributed by atoms with van der Waals surface area (Å²) < 4.78 is 0. The third kappa shape index (κ3) is 2.32. The van der Waals surface area contributed by atoms with E-state index in [0.717, 1.165) is 35.2 Å². The molecule has 0 amide bonds. The Kier molecular flexibility index (Phi) is 3.16. The maximum atomic E-state index is 4.67. The van der Waals surface area contributed by atoms with Gasteiger partial charge in [-0.2, -0.15) is 0 Å². The maximum absolute atomic E-state index is 4.67. The van der Waals surface area contributed by atoms with Crippen molar-refractivity contribution in [2.24, 2.45) is 4.99 Å². The molecule has 0 radical (unpaired) electrons. The highest BCUT2D eigenvalue weighted by Gasteiger charge is 2.23. The van der Waals surface area contributed by atoms with Crippen LogP contribution in [0.2, 0.25) is 0 Å². The van der Waals surface area contributed by atoms with Gasteiger partial charge >= 0.3 is 0 Å². The average Bonchev–Trinajstić information content (AvgIpc) is 2.72. The Labute approximate surface area is 128 Å². The maximum Gasteiger partial charge on any atom is 0.141 e. The van der Waals surface area contributed by atoms with Gasteiger partial charge in [-0.1, -0.05) is 42.5 Å². The van der Waals surface area contributed by atoms with Crippen molar-refractivity contribution < 1.29 is 0 Å². The number of fused-ring (bicyclic) bond motifs is 2. The van der Waals surface area contributed by atoms with E-state index < -0.39 is 0 Å². The Morgan fingerprint density at radius 3 is 2.38 bits per heavy atom. The Bertz CT molecular complexity index is 735. The molecule has 0 saturated carbocycles. The lowest BCUT2D eigenvalue weighted by Crippen LogP contribution is -2.18. The van der Waals surface area contributed by atoms with Gasteiger partial charge in [-0.25, -0.2) is 0 Å². The highest BCUT2D eigenvalue weighted by Crippen LogP contribution is 2.37. The first-order chi connectivity index (χ1) is 10.4. The second kappa shape index (κ2) is 5.30. The van der Waals surface area contributed by atoms with Gasteiger partial charge in [0.05, 0.1) is 28.5 Å². The van der Waals surface area contributed by atoms with E-state index in [1.165, 1.54) is 10.5 Å². The van der Waals surface area contributed by atoms with Crippen molar-refractivity contribution in [3.8, 4) is 0 Å². The van der Waals surface area contributed by atoms with Crippen LogP contribution in [0, 0.1) is 0 Å². The van der Waals surface area contributed by atoms with Gasteiger partial charge in [0.1, 0.15) is 5.84 Å². The van der Waals surface area contributed by atoms with Gasteiger partial charge in [0.2, 0.25) is 0 Å². The van der Waals surface area contributed by atoms with E-state index in [-0.39, 0.29) is 0 Å². The molecule has 0 aliphatic carbocycles. The standard InChI is InChI=1S/C17H15N3S/c1-2-6-12(7-3-1)15-16-17(18-10-11-21-16)20-14-9-5-4-8-13(14)19-15/h1-9,19H,10-11H2,(H,18,20). The lowest BCUT2D eigenvalue weighted by Gasteiger charge is -2.18. The summed E-state index contributed by atoms with van der Waals surface area (Å²) in [5, 5.41) is 7.06. The number of para-hydroxylation sites is 2. The largest absolute Gasteiger partial charge is 0.352 e. The molecule has 0 atom stereocenters. The highest BCUT2D eigenvalue weighted by atomic mass is 32.2. The predicted molar refractivity (Wildman–Crippen MR) is 91.8 cm³/mol. The van der Waals surface area contributed by atoms with Gasteiger partial charge in [-0.3, -0.25) is 4.99 Å². The first-order valence-electron chi connectivity index (χ1n) is 7.02. The molecule has 4 heteroatoms. The molecule has 2 N–H and O–H groups in total. The fourth-order valence-corrected chi connectivity index (χ4v) is 3.51. The smallest absolute Gasteiger partial charge is 0.141 e. The molecule has 0 unspecified atom stereocenters. The number of anilines is 2. The van der Waals surface area contributed by atoms with E-state index >= 15 is 0 Å². The van der Waals surface area contributed by atoms with Crippen LogP contribution >= 0.6 is 11.8 Å². The van der Waals surface area contributed by atoms with Crippen LogP contribution in [0.5, 0.6) is 0 Å². The molecule has 0 bridgehead atoms. The van der Waals surface area contributed by atoms with Gasteiger partial charge in [-0.15, -0.1) is 11.8 Å². The predicted octanol–water partition coefficient (Wildman–Crippen LogP) is 4.04. The molecule has 0 fully saturated rings. The molecule has 2 heterocycles. The van der Waals surface area contributed by atoms with Crippen molar-refractivity contribution in [3.05, 3.63) is 65.1 Å². The van der Waals surface area contributed by atoms with E-state index in [2.05, 4.69) is 52.0 Å². The molecule has 2 aromatic carbocycles. The quantitative estimate of drug-likeness (QED) is 0.833. The monoisotopic (exact) mass is 293 g/mol. The molecular formula is C17H15N3S. The number of benzene rings is 2. The summed E-state index contributed by atoms with van der Waals surface area (Å²) in [6.07, 6.45) is 0. The molecule has 0 spiro atoms. The van der Waals surface area contributed by atoms with E-state index in [4.69, 9.17) is 0 Å². The minimum absolute atomic E-state index is 0.862. The van der Waals surface area contributed by atoms with Crippen molar-refractivity contribution in [3.63, 3.8) is 0 Å². The van der Waals surface area contributed by atoms with Crippen molar-refractivity contribution in [2.75, 3.05) is 22.9 Å². The summed E-state index contributed by atoms with van der Waals surface area (Å²) in [6, 6.07) is 18.7. The minimum Gasteiger partial charge on any atom is -0.352 e. The zero-order chi connectivity index (χ0) is 14.1. The van der Waals surface area contributed by atoms with Crippen molar-refractivity contribution >= 4 is 34.7 Å². The molecule has 0 aromatic heterocycles. The molecule has 2 aliphatic heterocycles. The molecule has 21 heavy (non-hydrogen) atoms. The molecule has 2 aliphatic rings. The third-order valence-electron chi connectivity index (χ3n) is 3.55. The van der Waals surface area contributed by atoms with Crippen LogP contribution in [0.25, 0.3) is 5.70 Å². The number of amidine groups is 1. The van der Waals surface area contributed by atoms with Gasteiger partial charge in [0.15, 0.2) is 0 Å². The molecule has 0 saturated heterocycles. The molecular weight excluding hydrogens is 278 g/mol. The summed E-state index contributed by atoms with van der Waals surface area (Å²) in [4.78, 5) is 5.87. The molecule has 2 aromatic rings. The normalized spacial score (nSPS) is 16.9. The number of nitrogens with zero attached hydrogens (tertiary/aromatic N) is 1. The first-order valence-corrected chi connectivity index (χ1v) is 8.01. The Morgan fingerprint density at radius 1 is 0.857 bits per heavy atom. The number of nitrogens with one attached hydrogen (secondary N) is 2. The Balaban J connectivity index is 1.91. The second-order valence-corrected chi connectivity index (χ2v) is 6.05. The summed E-state index contributed by atoms with van der Waals surface area (Å²) in [7, 11) is 0. The molecule has 104 valence electrons. The topological polar surface area (TPSA) is 36.4 Å². The average molecular weight is 293 g/mol. The zero-order valence-electron chi connectivity index (χ0n) is 11.5. The fraction of sp³-hybridized carbons (Fsp3) is 0.118. The fourth-order valence-electron chi connectivity index (χ4n) is 2.56.